The molecule has 100 valence electrons. The second-order valence-electron chi connectivity index (χ2n) is 7.04. The number of hydrogen-bond acceptors (Lipinski definition) is 2. The van der Waals surface area contributed by atoms with Crippen LogP contribution in [0.4, 0.5) is 0 Å². The smallest absolute Gasteiger partial charge is 0.327 e. The number of rotatable bonds is 1. The summed E-state index contributed by atoms with van der Waals surface area (Å²) in [6.07, 6.45) is 2.59. The van der Waals surface area contributed by atoms with Crippen molar-refractivity contribution in [1.29, 1.82) is 0 Å². The van der Waals surface area contributed by atoms with Crippen LogP contribution < -0.4 is 5.46 Å². The molecule has 1 aromatic rings. The van der Waals surface area contributed by atoms with Crippen LogP contribution in [0, 0.1) is 5.41 Å². The lowest BCUT2D eigenvalue weighted by Gasteiger charge is -2.34. The molecule has 1 aliphatic carbocycles. The molecule has 0 amide bonds. The molecule has 0 saturated carbocycles. The summed E-state index contributed by atoms with van der Waals surface area (Å²) >= 11 is 0. The zero-order valence-electron chi connectivity index (χ0n) is 12.2. The number of ketones is 1. The highest BCUT2D eigenvalue weighted by Gasteiger charge is 2.49. The molecular formula is C16H21BO2. The van der Waals surface area contributed by atoms with Crippen LogP contribution in [0.25, 0.3) is 0 Å². The lowest BCUT2D eigenvalue weighted by Crippen LogP contribution is -2.36. The molecular weight excluding hydrogens is 235 g/mol. The summed E-state index contributed by atoms with van der Waals surface area (Å²) in [6, 6.07) is 6.24. The van der Waals surface area contributed by atoms with Gasteiger partial charge in [-0.2, -0.15) is 0 Å². The van der Waals surface area contributed by atoms with Crippen molar-refractivity contribution in [1.82, 2.24) is 0 Å². The minimum absolute atomic E-state index is 0.105. The third kappa shape index (κ3) is 1.95. The van der Waals surface area contributed by atoms with Gasteiger partial charge >= 0.3 is 6.92 Å². The first-order valence-corrected chi connectivity index (χ1v) is 7.14. The molecule has 1 aromatic carbocycles. The van der Waals surface area contributed by atoms with Gasteiger partial charge in [0.25, 0.3) is 0 Å². The number of carbonyl (C=O) groups excluding carboxylic acids is 1. The van der Waals surface area contributed by atoms with E-state index in [9.17, 15) is 4.79 Å². The van der Waals surface area contributed by atoms with Crippen LogP contribution in [0.15, 0.2) is 18.2 Å². The molecule has 2 aliphatic rings. The summed E-state index contributed by atoms with van der Waals surface area (Å²) in [5, 5.41) is 0. The number of benzene rings is 1. The van der Waals surface area contributed by atoms with Crippen molar-refractivity contribution in [3.8, 4) is 0 Å². The quantitative estimate of drug-likeness (QED) is 0.722. The zero-order chi connectivity index (χ0) is 13.8. The Kier molecular flexibility index (Phi) is 2.69. The normalized spacial score (nSPS) is 23.8. The fraction of sp³-hybridized carbons (Fsp3) is 0.562. The number of aryl methyl sites for hydroxylation is 1. The lowest BCUT2D eigenvalue weighted by molar-refractivity contribution is 0.0375. The van der Waals surface area contributed by atoms with E-state index in [1.807, 2.05) is 6.07 Å². The monoisotopic (exact) mass is 256 g/mol. The van der Waals surface area contributed by atoms with Crippen LogP contribution in [0.2, 0.25) is 6.32 Å². The maximum absolute atomic E-state index is 11.7. The molecule has 0 radical (unpaired) electrons. The van der Waals surface area contributed by atoms with Crippen molar-refractivity contribution in [2.75, 3.05) is 0 Å². The maximum Gasteiger partial charge on any atom is 0.327 e. The second-order valence-corrected chi connectivity index (χ2v) is 7.04. The first kappa shape index (κ1) is 12.9. The fourth-order valence-electron chi connectivity index (χ4n) is 3.13. The van der Waals surface area contributed by atoms with Crippen LogP contribution in [-0.4, -0.2) is 18.3 Å². The molecule has 1 fully saturated rings. The SMILES string of the molecule is CC1(C)CB(c2ccc3c(c2)CCC3=O)OC1(C)C. The van der Waals surface area contributed by atoms with Gasteiger partial charge in [0.05, 0.1) is 5.60 Å². The van der Waals surface area contributed by atoms with Gasteiger partial charge in [0.2, 0.25) is 0 Å². The first-order chi connectivity index (χ1) is 8.80. The largest absolute Gasteiger partial charge is 0.426 e. The van der Waals surface area contributed by atoms with Crippen molar-refractivity contribution in [3.05, 3.63) is 29.3 Å². The minimum atomic E-state index is -0.105. The Morgan fingerprint density at radius 1 is 1.16 bits per heavy atom. The average molecular weight is 256 g/mol. The van der Waals surface area contributed by atoms with Crippen LogP contribution in [0.5, 0.6) is 0 Å². The molecule has 3 rings (SSSR count). The molecule has 1 saturated heterocycles. The van der Waals surface area contributed by atoms with E-state index in [1.54, 1.807) is 0 Å². The van der Waals surface area contributed by atoms with Gasteiger partial charge in [0, 0.05) is 12.0 Å². The van der Waals surface area contributed by atoms with Gasteiger partial charge in [-0.3, -0.25) is 4.79 Å². The molecule has 1 aliphatic heterocycles. The maximum atomic E-state index is 11.7. The zero-order valence-corrected chi connectivity index (χ0v) is 12.2. The molecule has 0 N–H and O–H groups in total. The Morgan fingerprint density at radius 2 is 1.89 bits per heavy atom. The number of fused-ring (bicyclic) bond motifs is 1. The van der Waals surface area contributed by atoms with Gasteiger partial charge in [-0.1, -0.05) is 32.0 Å². The minimum Gasteiger partial charge on any atom is -0.426 e. The van der Waals surface area contributed by atoms with Gasteiger partial charge in [-0.05, 0) is 43.0 Å². The van der Waals surface area contributed by atoms with Crippen LogP contribution in [0.1, 0.15) is 50.0 Å². The van der Waals surface area contributed by atoms with Crippen LogP contribution in [0.3, 0.4) is 0 Å². The Bertz CT molecular complexity index is 530. The summed E-state index contributed by atoms with van der Waals surface area (Å²) in [5.41, 5.74) is 3.42. The molecule has 19 heavy (non-hydrogen) atoms. The highest BCUT2D eigenvalue weighted by atomic mass is 16.5. The van der Waals surface area contributed by atoms with E-state index >= 15 is 0 Å². The van der Waals surface area contributed by atoms with E-state index in [2.05, 4.69) is 39.8 Å². The standard InChI is InChI=1S/C16H21BO2/c1-15(2)10-17(19-16(15,3)4)12-6-7-13-11(9-12)5-8-14(13)18/h6-7,9H,5,8,10H2,1-4H3. The van der Waals surface area contributed by atoms with Gasteiger partial charge < -0.3 is 4.65 Å². The van der Waals surface area contributed by atoms with E-state index in [0.717, 1.165) is 18.3 Å². The summed E-state index contributed by atoms with van der Waals surface area (Å²) in [5.74, 6) is 0.287. The predicted molar refractivity (Wildman–Crippen MR) is 78.2 cm³/mol. The third-order valence-corrected chi connectivity index (χ3v) is 5.19. The lowest BCUT2D eigenvalue weighted by atomic mass is 9.54. The molecule has 0 unspecified atom stereocenters. The van der Waals surface area contributed by atoms with Crippen molar-refractivity contribution in [3.63, 3.8) is 0 Å². The summed E-state index contributed by atoms with van der Waals surface area (Å²) < 4.78 is 6.25. The fourth-order valence-corrected chi connectivity index (χ4v) is 3.13. The van der Waals surface area contributed by atoms with Gasteiger partial charge in [-0.15, -0.1) is 0 Å². The molecule has 0 aromatic heterocycles. The van der Waals surface area contributed by atoms with Crippen molar-refractivity contribution < 1.29 is 9.45 Å². The Morgan fingerprint density at radius 3 is 2.53 bits per heavy atom. The molecule has 0 atom stereocenters. The predicted octanol–water partition coefficient (Wildman–Crippen LogP) is 2.85. The molecule has 0 spiro atoms. The Labute approximate surface area is 115 Å². The average Bonchev–Trinajstić information content (AvgIpc) is 2.78. The second kappa shape index (κ2) is 3.95. The van der Waals surface area contributed by atoms with E-state index in [4.69, 9.17) is 4.65 Å². The molecule has 2 nitrogen and oxygen atoms in total. The van der Waals surface area contributed by atoms with E-state index < -0.39 is 0 Å². The number of Topliss-reactive ketones (excluding diaryl/α,β-unsaturated/α-hetero) is 1. The highest BCUT2D eigenvalue weighted by Crippen LogP contribution is 2.45. The molecule has 0 bridgehead atoms. The third-order valence-electron chi connectivity index (χ3n) is 5.19. The first-order valence-electron chi connectivity index (χ1n) is 7.14. The van der Waals surface area contributed by atoms with E-state index in [1.165, 1.54) is 11.0 Å². The Balaban J connectivity index is 1.91. The number of hydrogen-bond donors (Lipinski definition) is 0. The van der Waals surface area contributed by atoms with Gasteiger partial charge in [0.1, 0.15) is 0 Å². The summed E-state index contributed by atoms with van der Waals surface area (Å²) in [7, 11) is 0. The van der Waals surface area contributed by atoms with Crippen molar-refractivity contribution in [2.45, 2.75) is 52.5 Å². The summed E-state index contributed by atoms with van der Waals surface area (Å²) in [4.78, 5) is 11.7. The number of carbonyl (C=O) groups is 1. The van der Waals surface area contributed by atoms with Crippen molar-refractivity contribution >= 4 is 18.2 Å². The molecule has 1 heterocycles. The molecule has 3 heteroatoms. The Hall–Kier alpha value is -1.09. The van der Waals surface area contributed by atoms with E-state index in [0.29, 0.717) is 6.42 Å². The van der Waals surface area contributed by atoms with Crippen LogP contribution >= 0.6 is 0 Å². The summed E-state index contributed by atoms with van der Waals surface area (Å²) in [6.45, 7) is 9.03. The van der Waals surface area contributed by atoms with Crippen LogP contribution in [-0.2, 0) is 11.1 Å². The highest BCUT2D eigenvalue weighted by molar-refractivity contribution is 6.68. The van der Waals surface area contributed by atoms with Gasteiger partial charge in [0.15, 0.2) is 5.78 Å². The van der Waals surface area contributed by atoms with Crippen molar-refractivity contribution in [2.24, 2.45) is 5.41 Å². The van der Waals surface area contributed by atoms with Gasteiger partial charge in [-0.25, -0.2) is 0 Å². The van der Waals surface area contributed by atoms with E-state index in [-0.39, 0.29) is 23.7 Å². The topological polar surface area (TPSA) is 26.3 Å².